The first kappa shape index (κ1) is 18.4. The minimum Gasteiger partial charge on any atom is -0.376 e. The minimum atomic E-state index is 0.262. The maximum atomic E-state index is 5.70. The molecule has 2 aromatic rings. The number of benzene rings is 1. The fourth-order valence-corrected chi connectivity index (χ4v) is 2.91. The second-order valence-electron chi connectivity index (χ2n) is 6.68. The Morgan fingerprint density at radius 1 is 1.27 bits per heavy atom. The molecule has 0 bridgehead atoms. The number of guanidine groups is 1. The van der Waals surface area contributed by atoms with E-state index in [0.717, 1.165) is 43.6 Å². The Hall–Kier alpha value is -2.41. The van der Waals surface area contributed by atoms with E-state index in [1.54, 1.807) is 0 Å². The Labute approximate surface area is 154 Å². The molecule has 0 aliphatic carbocycles. The maximum absolute atomic E-state index is 5.70. The van der Waals surface area contributed by atoms with Gasteiger partial charge in [-0.2, -0.15) is 0 Å². The van der Waals surface area contributed by atoms with Gasteiger partial charge in [-0.15, -0.1) is 10.2 Å². The van der Waals surface area contributed by atoms with Crippen molar-refractivity contribution >= 4 is 5.96 Å². The van der Waals surface area contributed by atoms with Gasteiger partial charge in [-0.3, -0.25) is 0 Å². The topological polar surface area (TPSA) is 76.4 Å². The third kappa shape index (κ3) is 4.82. The van der Waals surface area contributed by atoms with Crippen molar-refractivity contribution in [1.82, 2.24) is 25.4 Å². The molecule has 2 N–H and O–H groups in total. The lowest BCUT2D eigenvalue weighted by atomic mass is 10.1. The molecule has 7 nitrogen and oxygen atoms in total. The Bertz CT molecular complexity index is 748. The molecule has 1 aromatic carbocycles. The van der Waals surface area contributed by atoms with Gasteiger partial charge in [-0.05, 0) is 37.8 Å². The van der Waals surface area contributed by atoms with Gasteiger partial charge in [0.2, 0.25) is 0 Å². The Kier molecular flexibility index (Phi) is 6.22. The summed E-state index contributed by atoms with van der Waals surface area (Å²) in [5.41, 5.74) is 2.47. The smallest absolute Gasteiger partial charge is 0.192 e. The van der Waals surface area contributed by atoms with Crippen LogP contribution in [0.4, 0.5) is 0 Å². The van der Waals surface area contributed by atoms with Gasteiger partial charge < -0.3 is 19.9 Å². The van der Waals surface area contributed by atoms with Gasteiger partial charge in [0.05, 0.1) is 19.2 Å². The van der Waals surface area contributed by atoms with Crippen LogP contribution in [-0.2, 0) is 24.9 Å². The average molecular weight is 356 g/mol. The zero-order valence-electron chi connectivity index (χ0n) is 15.8. The molecular weight excluding hydrogens is 328 g/mol. The number of ether oxygens (including phenoxy) is 1. The van der Waals surface area contributed by atoms with Crippen molar-refractivity contribution in [3.8, 4) is 0 Å². The number of aliphatic imine (C=N–C) groups is 1. The van der Waals surface area contributed by atoms with E-state index in [2.05, 4.69) is 39.9 Å². The largest absolute Gasteiger partial charge is 0.376 e. The molecule has 1 unspecified atom stereocenters. The first-order valence-electron chi connectivity index (χ1n) is 9.16. The van der Waals surface area contributed by atoms with E-state index in [1.807, 2.05) is 30.7 Å². The van der Waals surface area contributed by atoms with Crippen LogP contribution in [0.25, 0.3) is 0 Å². The maximum Gasteiger partial charge on any atom is 0.192 e. The molecule has 1 aliphatic heterocycles. The standard InChI is InChI=1S/C19H28N6O/c1-14-7-4-5-8-16(14)11-20-19(21-12-17-9-6-10-26-17)22-13-18-24-23-15(2)25(18)3/h4-5,7-8,17H,6,9-13H2,1-3H3,(H2,20,21,22). The molecule has 0 amide bonds. The Morgan fingerprint density at radius 3 is 2.81 bits per heavy atom. The minimum absolute atomic E-state index is 0.262. The van der Waals surface area contributed by atoms with Crippen LogP contribution >= 0.6 is 0 Å². The Morgan fingerprint density at radius 2 is 2.12 bits per heavy atom. The first-order valence-corrected chi connectivity index (χ1v) is 9.16. The van der Waals surface area contributed by atoms with Gasteiger partial charge in [-0.25, -0.2) is 4.99 Å². The molecule has 7 heteroatoms. The van der Waals surface area contributed by atoms with Crippen LogP contribution in [0.2, 0.25) is 0 Å². The van der Waals surface area contributed by atoms with E-state index < -0.39 is 0 Å². The zero-order valence-corrected chi connectivity index (χ0v) is 15.8. The monoisotopic (exact) mass is 356 g/mol. The van der Waals surface area contributed by atoms with E-state index in [9.17, 15) is 0 Å². The number of rotatable bonds is 6. The van der Waals surface area contributed by atoms with Gasteiger partial charge in [0.25, 0.3) is 0 Å². The third-order valence-corrected chi connectivity index (χ3v) is 4.79. The highest BCUT2D eigenvalue weighted by Gasteiger charge is 2.16. The van der Waals surface area contributed by atoms with Crippen molar-refractivity contribution in [2.75, 3.05) is 13.2 Å². The summed E-state index contributed by atoms with van der Waals surface area (Å²) in [5.74, 6) is 2.54. The predicted molar refractivity (Wildman–Crippen MR) is 102 cm³/mol. The van der Waals surface area contributed by atoms with Crippen molar-refractivity contribution in [2.24, 2.45) is 12.0 Å². The molecule has 3 rings (SSSR count). The van der Waals surface area contributed by atoms with Crippen molar-refractivity contribution in [3.05, 3.63) is 47.0 Å². The fourth-order valence-electron chi connectivity index (χ4n) is 2.91. The second-order valence-corrected chi connectivity index (χ2v) is 6.68. The van der Waals surface area contributed by atoms with Gasteiger partial charge in [0.15, 0.2) is 11.8 Å². The summed E-state index contributed by atoms with van der Waals surface area (Å²) >= 11 is 0. The molecule has 26 heavy (non-hydrogen) atoms. The van der Waals surface area contributed by atoms with Gasteiger partial charge in [0.1, 0.15) is 5.82 Å². The summed E-state index contributed by atoms with van der Waals surface area (Å²) in [6.45, 7) is 6.87. The summed E-state index contributed by atoms with van der Waals surface area (Å²) in [7, 11) is 1.97. The van der Waals surface area contributed by atoms with Crippen LogP contribution < -0.4 is 10.6 Å². The lowest BCUT2D eigenvalue weighted by Crippen LogP contribution is -2.41. The second kappa shape index (κ2) is 8.80. The number of nitrogens with one attached hydrogen (secondary N) is 2. The number of aromatic nitrogens is 3. The van der Waals surface area contributed by atoms with Crippen LogP contribution in [0.3, 0.4) is 0 Å². The molecule has 1 aliphatic rings. The van der Waals surface area contributed by atoms with Crippen LogP contribution in [0, 0.1) is 13.8 Å². The average Bonchev–Trinajstić information content (AvgIpc) is 3.27. The summed E-state index contributed by atoms with van der Waals surface area (Å²) in [4.78, 5) is 4.75. The van der Waals surface area contributed by atoms with E-state index in [-0.39, 0.29) is 6.10 Å². The SMILES string of the molecule is Cc1ccccc1CN=C(NCc1nnc(C)n1C)NCC1CCCO1. The van der Waals surface area contributed by atoms with Crippen molar-refractivity contribution in [2.45, 2.75) is 45.9 Å². The van der Waals surface area contributed by atoms with E-state index in [1.165, 1.54) is 11.1 Å². The van der Waals surface area contributed by atoms with Crippen LogP contribution in [0.5, 0.6) is 0 Å². The molecule has 2 heterocycles. The zero-order chi connectivity index (χ0) is 18.4. The highest BCUT2D eigenvalue weighted by atomic mass is 16.5. The van der Waals surface area contributed by atoms with E-state index in [4.69, 9.17) is 9.73 Å². The van der Waals surface area contributed by atoms with Crippen LogP contribution in [0.1, 0.15) is 35.6 Å². The summed E-state index contributed by atoms with van der Waals surface area (Å²) in [6, 6.07) is 8.32. The van der Waals surface area contributed by atoms with Crippen LogP contribution in [-0.4, -0.2) is 40.0 Å². The molecule has 0 spiro atoms. The number of nitrogens with zero attached hydrogens (tertiary/aromatic N) is 4. The lowest BCUT2D eigenvalue weighted by molar-refractivity contribution is 0.113. The highest BCUT2D eigenvalue weighted by molar-refractivity contribution is 5.79. The highest BCUT2D eigenvalue weighted by Crippen LogP contribution is 2.11. The first-order chi connectivity index (χ1) is 12.6. The summed E-state index contributed by atoms with van der Waals surface area (Å²) in [6.07, 6.45) is 2.49. The lowest BCUT2D eigenvalue weighted by Gasteiger charge is -2.16. The predicted octanol–water partition coefficient (Wildman–Crippen LogP) is 1.85. The van der Waals surface area contributed by atoms with Crippen LogP contribution in [0.15, 0.2) is 29.3 Å². The quantitative estimate of drug-likeness (QED) is 0.610. The fraction of sp³-hybridized carbons (Fsp3) is 0.526. The molecule has 1 atom stereocenters. The molecule has 140 valence electrons. The molecular formula is C19H28N6O. The van der Waals surface area contributed by atoms with Crippen molar-refractivity contribution in [3.63, 3.8) is 0 Å². The Balaban J connectivity index is 1.64. The third-order valence-electron chi connectivity index (χ3n) is 4.79. The molecule has 1 saturated heterocycles. The van der Waals surface area contributed by atoms with Crippen molar-refractivity contribution in [1.29, 1.82) is 0 Å². The molecule has 1 aromatic heterocycles. The number of hydrogen-bond donors (Lipinski definition) is 2. The van der Waals surface area contributed by atoms with Gasteiger partial charge in [0, 0.05) is 20.2 Å². The summed E-state index contributed by atoms with van der Waals surface area (Å²) in [5, 5.41) is 15.1. The van der Waals surface area contributed by atoms with Gasteiger partial charge in [-0.1, -0.05) is 24.3 Å². The molecule has 1 fully saturated rings. The number of hydrogen-bond acceptors (Lipinski definition) is 4. The molecule has 0 saturated carbocycles. The number of aryl methyl sites for hydroxylation is 2. The molecule has 0 radical (unpaired) electrons. The van der Waals surface area contributed by atoms with Crippen molar-refractivity contribution < 1.29 is 4.74 Å². The normalized spacial score (nSPS) is 17.5. The summed E-state index contributed by atoms with van der Waals surface area (Å²) < 4.78 is 7.68. The van der Waals surface area contributed by atoms with E-state index in [0.29, 0.717) is 13.1 Å². The van der Waals surface area contributed by atoms with Gasteiger partial charge >= 0.3 is 0 Å². The van der Waals surface area contributed by atoms with E-state index >= 15 is 0 Å².